The van der Waals surface area contributed by atoms with Gasteiger partial charge in [-0.25, -0.2) is 0 Å². The van der Waals surface area contributed by atoms with Crippen molar-refractivity contribution in [3.63, 3.8) is 0 Å². The van der Waals surface area contributed by atoms with Crippen LogP contribution in [0.2, 0.25) is 0 Å². The van der Waals surface area contributed by atoms with Crippen LogP contribution in [-0.2, 0) is 4.79 Å². The fourth-order valence-corrected chi connectivity index (χ4v) is 0.379. The van der Waals surface area contributed by atoms with Crippen LogP contribution >= 0.6 is 0 Å². The van der Waals surface area contributed by atoms with E-state index in [4.69, 9.17) is 0 Å². The lowest BCUT2D eigenvalue weighted by molar-refractivity contribution is -0.118. The van der Waals surface area contributed by atoms with Gasteiger partial charge >= 0.3 is 0 Å². The molecule has 0 bridgehead atoms. The first-order valence-electron chi connectivity index (χ1n) is 3.79. The monoisotopic (exact) mass is 170 g/mol. The predicted octanol–water partition coefficient (Wildman–Crippen LogP) is 1.39. The summed E-state index contributed by atoms with van der Waals surface area (Å²) >= 11 is 0. The summed E-state index contributed by atoms with van der Waals surface area (Å²) in [6.45, 7) is 12.3. The van der Waals surface area contributed by atoms with Gasteiger partial charge in [0, 0.05) is 13.0 Å². The average molecular weight is 170 g/mol. The van der Waals surface area contributed by atoms with Crippen LogP contribution in [-0.4, -0.2) is 11.9 Å². The summed E-state index contributed by atoms with van der Waals surface area (Å²) < 4.78 is 0. The molecule has 0 aromatic carbocycles. The van der Waals surface area contributed by atoms with Gasteiger partial charge in [-0.3, -0.25) is 4.79 Å². The Bertz CT molecular complexity index is 141. The third-order valence-electron chi connectivity index (χ3n) is 0.757. The molecule has 0 unspecified atom stereocenters. The molecule has 0 saturated carbocycles. The van der Waals surface area contributed by atoms with Crippen LogP contribution in [0.25, 0.3) is 0 Å². The Morgan fingerprint density at radius 3 is 1.83 bits per heavy atom. The minimum Gasteiger partial charge on any atom is -0.389 e. The highest BCUT2D eigenvalue weighted by Gasteiger charge is 1.78. The van der Waals surface area contributed by atoms with E-state index in [1.165, 1.54) is 13.1 Å². The van der Waals surface area contributed by atoms with E-state index >= 15 is 0 Å². The van der Waals surface area contributed by atoms with Crippen molar-refractivity contribution in [2.45, 2.75) is 26.8 Å². The number of amides is 1. The summed E-state index contributed by atoms with van der Waals surface area (Å²) in [5.41, 5.74) is 0. The lowest BCUT2D eigenvalue weighted by Crippen LogP contribution is -2.14. The van der Waals surface area contributed by atoms with Crippen molar-refractivity contribution in [3.8, 4) is 0 Å². The van der Waals surface area contributed by atoms with Gasteiger partial charge in [-0.2, -0.15) is 0 Å². The smallest absolute Gasteiger partial charge is 0.220 e. The fourth-order valence-electron chi connectivity index (χ4n) is 0.379. The highest BCUT2D eigenvalue weighted by atomic mass is 16.1. The van der Waals surface area contributed by atoms with Gasteiger partial charge in [-0.1, -0.05) is 13.2 Å². The van der Waals surface area contributed by atoms with E-state index in [0.29, 0.717) is 6.04 Å². The Labute approximate surface area is 74.5 Å². The Morgan fingerprint density at radius 1 is 1.33 bits per heavy atom. The Balaban J connectivity index is 0. The van der Waals surface area contributed by atoms with Crippen LogP contribution in [0.4, 0.5) is 0 Å². The van der Waals surface area contributed by atoms with Crippen molar-refractivity contribution >= 4 is 5.91 Å². The molecule has 0 spiro atoms. The van der Waals surface area contributed by atoms with Gasteiger partial charge in [0.1, 0.15) is 0 Å². The molecule has 0 saturated heterocycles. The first kappa shape index (κ1) is 13.3. The van der Waals surface area contributed by atoms with Gasteiger partial charge in [0.25, 0.3) is 0 Å². The second-order valence-electron chi connectivity index (χ2n) is 2.43. The molecule has 0 aliphatic carbocycles. The molecular formula is C9H18N2O. The average Bonchev–Trinajstić information content (AvgIpc) is 1.87. The fraction of sp³-hybridized carbons (Fsp3) is 0.444. The predicted molar refractivity (Wildman–Crippen MR) is 52.5 cm³/mol. The van der Waals surface area contributed by atoms with Crippen molar-refractivity contribution in [1.29, 1.82) is 0 Å². The number of hydrogen-bond acceptors (Lipinski definition) is 2. The van der Waals surface area contributed by atoms with E-state index < -0.39 is 0 Å². The first-order valence-corrected chi connectivity index (χ1v) is 3.79. The van der Waals surface area contributed by atoms with Crippen molar-refractivity contribution in [2.24, 2.45) is 0 Å². The molecule has 0 aromatic rings. The Kier molecular flexibility index (Phi) is 10.8. The van der Waals surface area contributed by atoms with Gasteiger partial charge in [0.15, 0.2) is 0 Å². The molecule has 2 N–H and O–H groups in total. The first-order chi connectivity index (χ1) is 5.54. The van der Waals surface area contributed by atoms with Gasteiger partial charge in [-0.05, 0) is 26.2 Å². The van der Waals surface area contributed by atoms with Crippen LogP contribution in [0.1, 0.15) is 20.8 Å². The number of rotatable bonds is 3. The third kappa shape index (κ3) is 23.3. The Morgan fingerprint density at radius 2 is 1.83 bits per heavy atom. The van der Waals surface area contributed by atoms with Crippen LogP contribution in [0.15, 0.2) is 25.6 Å². The molecule has 0 rings (SSSR count). The number of nitrogens with one attached hydrogen (secondary N) is 2. The normalized spacial score (nSPS) is 7.67. The third-order valence-corrected chi connectivity index (χ3v) is 0.757. The van der Waals surface area contributed by atoms with E-state index in [9.17, 15) is 4.79 Å². The summed E-state index contributed by atoms with van der Waals surface area (Å²) in [6, 6.07) is 0.530. The summed E-state index contributed by atoms with van der Waals surface area (Å²) in [6.07, 6.45) is 3.05. The molecule has 3 heteroatoms. The summed E-state index contributed by atoms with van der Waals surface area (Å²) in [5, 5.41) is 5.31. The van der Waals surface area contributed by atoms with Crippen molar-refractivity contribution < 1.29 is 4.79 Å². The SMILES string of the molecule is C=CNC(C)=O.C=CNC(C)C. The molecule has 3 nitrogen and oxygen atoms in total. The van der Waals surface area contributed by atoms with E-state index in [2.05, 4.69) is 37.6 Å². The van der Waals surface area contributed by atoms with Crippen LogP contribution < -0.4 is 10.6 Å². The number of carbonyl (C=O) groups excluding carboxylic acids is 1. The van der Waals surface area contributed by atoms with E-state index in [0.717, 1.165) is 0 Å². The van der Waals surface area contributed by atoms with Gasteiger partial charge < -0.3 is 10.6 Å². The molecule has 0 aliphatic rings. The molecule has 0 atom stereocenters. The van der Waals surface area contributed by atoms with Gasteiger partial charge in [-0.15, -0.1) is 0 Å². The van der Waals surface area contributed by atoms with Crippen LogP contribution in [0.3, 0.4) is 0 Å². The molecule has 70 valence electrons. The zero-order valence-electron chi connectivity index (χ0n) is 8.05. The lowest BCUT2D eigenvalue weighted by atomic mass is 10.4. The molecule has 0 heterocycles. The zero-order valence-corrected chi connectivity index (χ0v) is 8.05. The van der Waals surface area contributed by atoms with Crippen LogP contribution in [0, 0.1) is 0 Å². The zero-order chi connectivity index (χ0) is 9.98. The topological polar surface area (TPSA) is 41.1 Å². The minimum absolute atomic E-state index is 0.0787. The maximum absolute atomic E-state index is 9.86. The Hall–Kier alpha value is -1.25. The summed E-state index contributed by atoms with van der Waals surface area (Å²) in [4.78, 5) is 9.86. The lowest BCUT2D eigenvalue weighted by Gasteiger charge is -1.99. The molecule has 0 fully saturated rings. The summed E-state index contributed by atoms with van der Waals surface area (Å²) in [7, 11) is 0. The molecular weight excluding hydrogens is 152 g/mol. The number of hydrogen-bond donors (Lipinski definition) is 2. The van der Waals surface area contributed by atoms with Gasteiger partial charge in [0.2, 0.25) is 5.91 Å². The minimum atomic E-state index is -0.0787. The maximum atomic E-state index is 9.86. The quantitative estimate of drug-likeness (QED) is 0.672. The van der Waals surface area contributed by atoms with E-state index in [1.807, 2.05) is 0 Å². The van der Waals surface area contributed by atoms with E-state index in [-0.39, 0.29) is 5.91 Å². The molecule has 0 aliphatic heterocycles. The molecule has 0 aromatic heterocycles. The van der Waals surface area contributed by atoms with Crippen LogP contribution in [0.5, 0.6) is 0 Å². The largest absolute Gasteiger partial charge is 0.389 e. The van der Waals surface area contributed by atoms with Gasteiger partial charge in [0.05, 0.1) is 0 Å². The number of carbonyl (C=O) groups is 1. The standard InChI is InChI=1S/C5H11N.C4H7NO/c1-4-6-5(2)3;1-3-5-4(2)6/h4-6H,1H2,2-3H3;3H,1H2,2H3,(H,5,6). The van der Waals surface area contributed by atoms with Crippen molar-refractivity contribution in [1.82, 2.24) is 10.6 Å². The second kappa shape index (κ2) is 9.75. The summed E-state index contributed by atoms with van der Waals surface area (Å²) in [5.74, 6) is -0.0787. The maximum Gasteiger partial charge on any atom is 0.220 e. The highest BCUT2D eigenvalue weighted by molar-refractivity contribution is 5.73. The highest BCUT2D eigenvalue weighted by Crippen LogP contribution is 1.71. The van der Waals surface area contributed by atoms with Crippen molar-refractivity contribution in [3.05, 3.63) is 25.6 Å². The second-order valence-corrected chi connectivity index (χ2v) is 2.43. The van der Waals surface area contributed by atoms with E-state index in [1.54, 1.807) is 6.20 Å². The van der Waals surface area contributed by atoms with Crippen molar-refractivity contribution in [2.75, 3.05) is 0 Å². The molecule has 12 heavy (non-hydrogen) atoms. The molecule has 0 radical (unpaired) electrons. The molecule has 1 amide bonds.